The fraction of sp³-hybridized carbons (Fsp3) is 0.448. The first-order chi connectivity index (χ1) is 17.8. The van der Waals surface area contributed by atoms with Gasteiger partial charge in [-0.05, 0) is 60.7 Å². The largest absolute Gasteiger partial charge is 0.507 e. The summed E-state index contributed by atoms with van der Waals surface area (Å²) >= 11 is 3.46. The number of hydrogen-bond donors (Lipinski definition) is 1. The highest BCUT2D eigenvalue weighted by Crippen LogP contribution is 2.40. The van der Waals surface area contributed by atoms with Crippen LogP contribution in [0, 0.1) is 12.8 Å². The molecule has 2 heterocycles. The number of likely N-dealkylation sites (tertiary alicyclic amines) is 1. The molecule has 2 aliphatic rings. The number of halogens is 1. The van der Waals surface area contributed by atoms with Gasteiger partial charge in [-0.3, -0.25) is 14.5 Å². The van der Waals surface area contributed by atoms with Crippen molar-refractivity contribution >= 4 is 33.4 Å². The van der Waals surface area contributed by atoms with Crippen LogP contribution < -0.4 is 4.74 Å². The van der Waals surface area contributed by atoms with Crippen molar-refractivity contribution in [1.82, 2.24) is 9.80 Å². The summed E-state index contributed by atoms with van der Waals surface area (Å²) in [6, 6.07) is 12.3. The van der Waals surface area contributed by atoms with Crippen molar-refractivity contribution in [3.05, 3.63) is 69.2 Å². The maximum Gasteiger partial charge on any atom is 0.295 e. The average Bonchev–Trinajstić information content (AvgIpc) is 3.13. The molecule has 7 nitrogen and oxygen atoms in total. The van der Waals surface area contributed by atoms with E-state index in [-0.39, 0.29) is 11.3 Å². The van der Waals surface area contributed by atoms with Crippen molar-refractivity contribution < 1.29 is 24.2 Å². The molecule has 0 bridgehead atoms. The van der Waals surface area contributed by atoms with Gasteiger partial charge in [0, 0.05) is 36.2 Å². The molecule has 2 fully saturated rings. The van der Waals surface area contributed by atoms with Gasteiger partial charge >= 0.3 is 0 Å². The molecule has 198 valence electrons. The summed E-state index contributed by atoms with van der Waals surface area (Å²) in [5, 5.41) is 11.4. The number of aliphatic hydroxyl groups is 1. The monoisotopic (exact) mass is 570 g/mol. The summed E-state index contributed by atoms with van der Waals surface area (Å²) in [5.74, 6) is -0.300. The summed E-state index contributed by atoms with van der Waals surface area (Å²) in [5.41, 5.74) is 2.19. The summed E-state index contributed by atoms with van der Waals surface area (Å²) in [4.78, 5) is 30.5. The van der Waals surface area contributed by atoms with Gasteiger partial charge in [-0.25, -0.2) is 0 Å². The lowest BCUT2D eigenvalue weighted by Gasteiger charge is -2.29. The van der Waals surface area contributed by atoms with Crippen molar-refractivity contribution in [3.63, 3.8) is 0 Å². The van der Waals surface area contributed by atoms with E-state index in [1.807, 2.05) is 37.3 Å². The van der Waals surface area contributed by atoms with Gasteiger partial charge in [0.25, 0.3) is 11.7 Å². The van der Waals surface area contributed by atoms with Crippen LogP contribution in [0.25, 0.3) is 5.76 Å². The Labute approximate surface area is 227 Å². The van der Waals surface area contributed by atoms with Gasteiger partial charge in [0.1, 0.15) is 11.5 Å². The van der Waals surface area contributed by atoms with Gasteiger partial charge in [0.05, 0.1) is 31.4 Å². The summed E-state index contributed by atoms with van der Waals surface area (Å²) < 4.78 is 12.1. The first-order valence-electron chi connectivity index (χ1n) is 12.8. The number of aliphatic hydroxyl groups excluding tert-OH is 1. The SMILES string of the molecule is Cc1cc(OCC(C)C)ccc1/C(O)=C1\C(=O)C(=O)N(CCCN2CCOCC2)C1c1ccc(Br)cc1. The molecule has 0 saturated carbocycles. The molecule has 1 atom stereocenters. The van der Waals surface area contributed by atoms with Gasteiger partial charge in [-0.2, -0.15) is 0 Å². The lowest BCUT2D eigenvalue weighted by molar-refractivity contribution is -0.140. The Hall–Kier alpha value is -2.68. The van der Waals surface area contributed by atoms with E-state index in [9.17, 15) is 14.7 Å². The number of aryl methyl sites for hydroxylation is 1. The molecule has 0 spiro atoms. The number of carbonyl (C=O) groups is 2. The van der Waals surface area contributed by atoms with Crippen LogP contribution in [0.2, 0.25) is 0 Å². The highest BCUT2D eigenvalue weighted by atomic mass is 79.9. The summed E-state index contributed by atoms with van der Waals surface area (Å²) in [7, 11) is 0. The number of benzene rings is 2. The summed E-state index contributed by atoms with van der Waals surface area (Å²) in [6.07, 6.45) is 0.723. The number of ketones is 1. The van der Waals surface area contributed by atoms with Crippen molar-refractivity contribution in [2.75, 3.05) is 46.0 Å². The fourth-order valence-corrected chi connectivity index (χ4v) is 5.06. The van der Waals surface area contributed by atoms with Gasteiger partial charge < -0.3 is 19.5 Å². The number of hydrogen-bond acceptors (Lipinski definition) is 6. The lowest BCUT2D eigenvalue weighted by atomic mass is 9.94. The minimum absolute atomic E-state index is 0.123. The Morgan fingerprint density at radius 3 is 2.46 bits per heavy atom. The molecule has 0 aliphatic carbocycles. The molecule has 2 aromatic rings. The molecule has 1 unspecified atom stereocenters. The number of carbonyl (C=O) groups excluding carboxylic acids is 2. The molecule has 37 heavy (non-hydrogen) atoms. The van der Waals surface area contributed by atoms with E-state index in [4.69, 9.17) is 9.47 Å². The zero-order valence-corrected chi connectivity index (χ0v) is 23.3. The van der Waals surface area contributed by atoms with Gasteiger partial charge in [-0.1, -0.05) is 41.9 Å². The topological polar surface area (TPSA) is 79.3 Å². The highest BCUT2D eigenvalue weighted by molar-refractivity contribution is 9.10. The van der Waals surface area contributed by atoms with E-state index < -0.39 is 17.7 Å². The minimum atomic E-state index is -0.658. The molecule has 2 aromatic carbocycles. The van der Waals surface area contributed by atoms with Crippen molar-refractivity contribution in [3.8, 4) is 5.75 Å². The van der Waals surface area contributed by atoms with Crippen LogP contribution in [0.1, 0.15) is 43.0 Å². The van der Waals surface area contributed by atoms with Crippen molar-refractivity contribution in [2.24, 2.45) is 5.92 Å². The maximum atomic E-state index is 13.3. The van der Waals surface area contributed by atoms with E-state index in [0.717, 1.165) is 41.7 Å². The molecular weight excluding hydrogens is 536 g/mol. The molecule has 1 amide bonds. The van der Waals surface area contributed by atoms with Crippen LogP contribution >= 0.6 is 15.9 Å². The van der Waals surface area contributed by atoms with Crippen LogP contribution in [0.3, 0.4) is 0 Å². The molecule has 0 radical (unpaired) electrons. The van der Waals surface area contributed by atoms with Crippen LogP contribution in [0.4, 0.5) is 0 Å². The smallest absolute Gasteiger partial charge is 0.295 e. The van der Waals surface area contributed by atoms with Crippen LogP contribution in [0.5, 0.6) is 5.75 Å². The zero-order chi connectivity index (χ0) is 26.5. The van der Waals surface area contributed by atoms with Gasteiger partial charge in [0.2, 0.25) is 0 Å². The molecule has 1 N–H and O–H groups in total. The number of nitrogens with zero attached hydrogens (tertiary/aromatic N) is 2. The predicted octanol–water partition coefficient (Wildman–Crippen LogP) is 4.94. The Morgan fingerprint density at radius 1 is 1.11 bits per heavy atom. The second-order valence-corrected chi connectivity index (χ2v) is 10.9. The highest BCUT2D eigenvalue weighted by Gasteiger charge is 2.46. The molecule has 4 rings (SSSR count). The Balaban J connectivity index is 1.65. The Kier molecular flexibility index (Phi) is 9.05. The van der Waals surface area contributed by atoms with E-state index in [2.05, 4.69) is 34.7 Å². The fourth-order valence-electron chi connectivity index (χ4n) is 4.79. The molecule has 2 saturated heterocycles. The molecular formula is C29H35BrN2O5. The first kappa shape index (κ1) is 27.4. The lowest BCUT2D eigenvalue weighted by Crippen LogP contribution is -2.38. The second-order valence-electron chi connectivity index (χ2n) is 10.0. The van der Waals surface area contributed by atoms with E-state index in [0.29, 0.717) is 43.6 Å². The maximum absolute atomic E-state index is 13.3. The molecule has 0 aromatic heterocycles. The van der Waals surface area contributed by atoms with Gasteiger partial charge in [0.15, 0.2) is 0 Å². The van der Waals surface area contributed by atoms with Crippen LogP contribution in [-0.2, 0) is 14.3 Å². The zero-order valence-electron chi connectivity index (χ0n) is 21.7. The third kappa shape index (κ3) is 6.43. The third-order valence-electron chi connectivity index (χ3n) is 6.74. The average molecular weight is 572 g/mol. The van der Waals surface area contributed by atoms with Crippen molar-refractivity contribution in [1.29, 1.82) is 0 Å². The number of rotatable bonds is 9. The number of ether oxygens (including phenoxy) is 2. The minimum Gasteiger partial charge on any atom is -0.507 e. The third-order valence-corrected chi connectivity index (χ3v) is 7.27. The van der Waals surface area contributed by atoms with Gasteiger partial charge in [-0.15, -0.1) is 0 Å². The van der Waals surface area contributed by atoms with Crippen LogP contribution in [-0.4, -0.2) is 72.6 Å². The number of morpholine rings is 1. The summed E-state index contributed by atoms with van der Waals surface area (Å²) in [6.45, 7) is 11.0. The van der Waals surface area contributed by atoms with Crippen LogP contribution in [0.15, 0.2) is 52.5 Å². The Bertz CT molecular complexity index is 1160. The standard InChI is InChI=1S/C29H35BrN2O5/c1-19(2)18-37-23-9-10-24(20(3)17-23)27(33)25-26(21-5-7-22(30)8-6-21)32(29(35)28(25)34)12-4-11-31-13-15-36-16-14-31/h5-10,17,19,26,33H,4,11-16,18H2,1-3H3/b27-25+. The van der Waals surface area contributed by atoms with E-state index in [1.54, 1.807) is 17.0 Å². The quantitative estimate of drug-likeness (QED) is 0.261. The predicted molar refractivity (Wildman–Crippen MR) is 147 cm³/mol. The number of Topliss-reactive ketones (excluding diaryl/α,β-unsaturated/α-hetero) is 1. The van der Waals surface area contributed by atoms with Crippen molar-refractivity contribution in [2.45, 2.75) is 33.2 Å². The Morgan fingerprint density at radius 2 is 1.81 bits per heavy atom. The van der Waals surface area contributed by atoms with E-state index in [1.165, 1.54) is 0 Å². The normalized spacial score (nSPS) is 20.1. The molecule has 8 heteroatoms. The molecule has 2 aliphatic heterocycles. The second kappa shape index (κ2) is 12.2. The first-order valence-corrected chi connectivity index (χ1v) is 13.6. The van der Waals surface area contributed by atoms with E-state index >= 15 is 0 Å². The number of amides is 1.